The highest BCUT2D eigenvalue weighted by atomic mass is 32.2. The van der Waals surface area contributed by atoms with Gasteiger partial charge in [0.05, 0.1) is 12.3 Å². The third kappa shape index (κ3) is 2.58. The molecule has 13 heavy (non-hydrogen) atoms. The van der Waals surface area contributed by atoms with Crippen LogP contribution < -0.4 is 4.72 Å². The zero-order valence-electron chi connectivity index (χ0n) is 7.95. The summed E-state index contributed by atoms with van der Waals surface area (Å²) in [5, 5.41) is 0. The molecule has 0 aromatic heterocycles. The second kappa shape index (κ2) is 3.95. The average Bonchev–Trinajstić information content (AvgIpc) is 2.05. The van der Waals surface area contributed by atoms with Crippen molar-refractivity contribution in [1.82, 2.24) is 9.62 Å². The van der Waals surface area contributed by atoms with Gasteiger partial charge in [-0.05, 0) is 13.8 Å². The SMILES string of the molecule is CCN(CC)C1=NCCS(=O)(=O)N1. The number of rotatable bonds is 2. The third-order valence-electron chi connectivity index (χ3n) is 1.93. The van der Waals surface area contributed by atoms with E-state index in [4.69, 9.17) is 0 Å². The molecule has 0 amide bonds. The van der Waals surface area contributed by atoms with Gasteiger partial charge in [0.15, 0.2) is 0 Å². The molecule has 1 heterocycles. The summed E-state index contributed by atoms with van der Waals surface area (Å²) in [5.74, 6) is 0.578. The molecule has 0 atom stereocenters. The average molecular weight is 205 g/mol. The zero-order chi connectivity index (χ0) is 9.90. The summed E-state index contributed by atoms with van der Waals surface area (Å²) in [6, 6.07) is 0. The molecule has 0 saturated carbocycles. The van der Waals surface area contributed by atoms with Crippen molar-refractivity contribution in [3.8, 4) is 0 Å². The van der Waals surface area contributed by atoms with E-state index in [9.17, 15) is 8.42 Å². The number of nitrogens with zero attached hydrogens (tertiary/aromatic N) is 2. The van der Waals surface area contributed by atoms with E-state index in [-0.39, 0.29) is 5.75 Å². The van der Waals surface area contributed by atoms with Crippen LogP contribution in [0.15, 0.2) is 4.99 Å². The lowest BCUT2D eigenvalue weighted by molar-refractivity contribution is 0.450. The number of sulfonamides is 1. The van der Waals surface area contributed by atoms with Crippen LogP contribution in [0.4, 0.5) is 0 Å². The Kier molecular flexibility index (Phi) is 3.13. The van der Waals surface area contributed by atoms with E-state index in [1.54, 1.807) is 0 Å². The highest BCUT2D eigenvalue weighted by Crippen LogP contribution is 1.98. The molecule has 5 nitrogen and oxygen atoms in total. The Hall–Kier alpha value is -0.780. The minimum Gasteiger partial charge on any atom is -0.343 e. The van der Waals surface area contributed by atoms with Crippen LogP contribution >= 0.6 is 0 Å². The Balaban J connectivity index is 2.76. The topological polar surface area (TPSA) is 61.8 Å². The summed E-state index contributed by atoms with van der Waals surface area (Å²) in [6.45, 7) is 5.82. The van der Waals surface area contributed by atoms with Gasteiger partial charge in [-0.25, -0.2) is 8.42 Å². The van der Waals surface area contributed by atoms with Gasteiger partial charge in [0.2, 0.25) is 16.0 Å². The number of nitrogens with one attached hydrogen (secondary N) is 1. The molecule has 1 rings (SSSR count). The molecule has 0 spiro atoms. The van der Waals surface area contributed by atoms with Crippen LogP contribution in [0, 0.1) is 0 Å². The van der Waals surface area contributed by atoms with E-state index in [0.717, 1.165) is 13.1 Å². The summed E-state index contributed by atoms with van der Waals surface area (Å²) in [7, 11) is -3.12. The molecular weight excluding hydrogens is 190 g/mol. The monoisotopic (exact) mass is 205 g/mol. The zero-order valence-corrected chi connectivity index (χ0v) is 8.76. The lowest BCUT2D eigenvalue weighted by atomic mass is 10.5. The van der Waals surface area contributed by atoms with Crippen LogP contribution in [0.3, 0.4) is 0 Å². The summed E-state index contributed by atoms with van der Waals surface area (Å²) < 4.78 is 24.8. The van der Waals surface area contributed by atoms with Gasteiger partial charge in [-0.3, -0.25) is 9.71 Å². The van der Waals surface area contributed by atoms with E-state index in [1.807, 2.05) is 18.7 Å². The minimum atomic E-state index is -3.12. The fraction of sp³-hybridized carbons (Fsp3) is 0.857. The maximum atomic E-state index is 11.2. The van der Waals surface area contributed by atoms with Crippen molar-refractivity contribution in [2.24, 2.45) is 4.99 Å². The molecule has 0 aliphatic carbocycles. The first-order valence-electron chi connectivity index (χ1n) is 4.39. The molecule has 76 valence electrons. The Labute approximate surface area is 78.9 Å². The maximum absolute atomic E-state index is 11.2. The quantitative estimate of drug-likeness (QED) is 0.668. The normalized spacial score (nSPS) is 20.3. The summed E-state index contributed by atoms with van der Waals surface area (Å²) in [6.07, 6.45) is 0. The molecule has 0 radical (unpaired) electrons. The molecule has 1 N–H and O–H groups in total. The Morgan fingerprint density at radius 3 is 2.54 bits per heavy atom. The van der Waals surface area contributed by atoms with Crippen LogP contribution in [0.5, 0.6) is 0 Å². The van der Waals surface area contributed by atoms with E-state index in [0.29, 0.717) is 12.5 Å². The fourth-order valence-electron chi connectivity index (χ4n) is 1.18. The van der Waals surface area contributed by atoms with Crippen LogP contribution in [-0.4, -0.2) is 44.7 Å². The largest absolute Gasteiger partial charge is 0.343 e. The molecule has 0 unspecified atom stereocenters. The molecular formula is C7H15N3O2S. The van der Waals surface area contributed by atoms with Crippen LogP contribution in [0.25, 0.3) is 0 Å². The molecule has 0 aromatic rings. The molecule has 0 saturated heterocycles. The van der Waals surface area contributed by atoms with E-state index >= 15 is 0 Å². The van der Waals surface area contributed by atoms with Gasteiger partial charge in [-0.2, -0.15) is 0 Å². The highest BCUT2D eigenvalue weighted by Gasteiger charge is 2.20. The predicted octanol–water partition coefficient (Wildman–Crippen LogP) is -0.383. The molecule has 0 aromatic carbocycles. The van der Waals surface area contributed by atoms with Gasteiger partial charge in [0.1, 0.15) is 0 Å². The second-order valence-corrected chi connectivity index (χ2v) is 4.64. The first-order valence-corrected chi connectivity index (χ1v) is 6.04. The van der Waals surface area contributed by atoms with Gasteiger partial charge in [-0.15, -0.1) is 0 Å². The molecule has 1 aliphatic rings. The van der Waals surface area contributed by atoms with E-state index < -0.39 is 10.0 Å². The smallest absolute Gasteiger partial charge is 0.236 e. The van der Waals surface area contributed by atoms with Gasteiger partial charge in [0, 0.05) is 13.1 Å². The summed E-state index contributed by atoms with van der Waals surface area (Å²) in [4.78, 5) is 6.00. The predicted molar refractivity (Wildman–Crippen MR) is 52.1 cm³/mol. The first-order chi connectivity index (χ1) is 6.09. The van der Waals surface area contributed by atoms with E-state index in [1.165, 1.54) is 0 Å². The van der Waals surface area contributed by atoms with Crippen LogP contribution in [-0.2, 0) is 10.0 Å². The maximum Gasteiger partial charge on any atom is 0.236 e. The van der Waals surface area contributed by atoms with Crippen LogP contribution in [0.1, 0.15) is 13.8 Å². The lowest BCUT2D eigenvalue weighted by Gasteiger charge is -2.25. The molecule has 6 heteroatoms. The van der Waals surface area contributed by atoms with Crippen molar-refractivity contribution >= 4 is 16.0 Å². The summed E-state index contributed by atoms with van der Waals surface area (Å²) in [5.41, 5.74) is 0. The van der Waals surface area contributed by atoms with Crippen molar-refractivity contribution in [2.45, 2.75) is 13.8 Å². The van der Waals surface area contributed by atoms with Crippen molar-refractivity contribution in [3.05, 3.63) is 0 Å². The minimum absolute atomic E-state index is 0.0950. The number of guanidine groups is 1. The standard InChI is InChI=1S/C7H15N3O2S/c1-3-10(4-2)7-8-5-6-13(11,12)9-7/h3-6H2,1-2H3,(H,8,9). The van der Waals surface area contributed by atoms with Gasteiger partial charge in [0.25, 0.3) is 0 Å². The lowest BCUT2D eigenvalue weighted by Crippen LogP contribution is -2.47. The van der Waals surface area contributed by atoms with Gasteiger partial charge < -0.3 is 4.90 Å². The first kappa shape index (κ1) is 10.3. The van der Waals surface area contributed by atoms with Crippen molar-refractivity contribution in [2.75, 3.05) is 25.4 Å². The molecule has 0 bridgehead atoms. The molecule has 1 aliphatic heterocycles. The Bertz CT molecular complexity index is 293. The number of hydrogen-bond donors (Lipinski definition) is 1. The Morgan fingerprint density at radius 1 is 1.46 bits per heavy atom. The van der Waals surface area contributed by atoms with Gasteiger partial charge in [-0.1, -0.05) is 0 Å². The number of aliphatic imine (C=N–C) groups is 1. The van der Waals surface area contributed by atoms with Crippen LogP contribution in [0.2, 0.25) is 0 Å². The fourth-order valence-corrected chi connectivity index (χ4v) is 2.09. The van der Waals surface area contributed by atoms with Crippen molar-refractivity contribution in [1.29, 1.82) is 0 Å². The van der Waals surface area contributed by atoms with Crippen molar-refractivity contribution in [3.63, 3.8) is 0 Å². The number of hydrogen-bond acceptors (Lipinski definition) is 4. The van der Waals surface area contributed by atoms with E-state index in [2.05, 4.69) is 9.71 Å². The molecule has 0 fully saturated rings. The van der Waals surface area contributed by atoms with Crippen molar-refractivity contribution < 1.29 is 8.42 Å². The van der Waals surface area contributed by atoms with Gasteiger partial charge >= 0.3 is 0 Å². The third-order valence-corrected chi connectivity index (χ3v) is 3.14. The highest BCUT2D eigenvalue weighted by molar-refractivity contribution is 7.90. The summed E-state index contributed by atoms with van der Waals surface area (Å²) >= 11 is 0. The second-order valence-electron chi connectivity index (χ2n) is 2.80. The Morgan fingerprint density at radius 2 is 2.08 bits per heavy atom.